The minimum Gasteiger partial charge on any atom is -0.312 e. The van der Waals surface area contributed by atoms with E-state index >= 15 is 0 Å². The van der Waals surface area contributed by atoms with Gasteiger partial charge in [0.05, 0.1) is 4.90 Å². The Morgan fingerprint density at radius 3 is 2.89 bits per heavy atom. The lowest BCUT2D eigenvalue weighted by atomic mass is 10.4. The lowest BCUT2D eigenvalue weighted by Crippen LogP contribution is -2.13. The summed E-state index contributed by atoms with van der Waals surface area (Å²) >= 11 is 1.42. The van der Waals surface area contributed by atoms with E-state index in [1.807, 2.05) is 6.92 Å². The van der Waals surface area contributed by atoms with Gasteiger partial charge in [-0.2, -0.15) is 0 Å². The quantitative estimate of drug-likeness (QED) is 0.856. The van der Waals surface area contributed by atoms with Crippen molar-refractivity contribution in [1.82, 2.24) is 10.3 Å². The molecule has 0 aliphatic carbocycles. The molecule has 0 atom stereocenters. The molecule has 0 aliphatic heterocycles. The van der Waals surface area contributed by atoms with E-state index in [1.165, 1.54) is 11.3 Å². The summed E-state index contributed by atoms with van der Waals surface area (Å²) in [5, 5.41) is 4.80. The molecule has 102 valence electrons. The Labute approximate surface area is 116 Å². The second-order valence-corrected chi connectivity index (χ2v) is 6.53. The van der Waals surface area contributed by atoms with E-state index in [0.717, 1.165) is 11.4 Å². The van der Waals surface area contributed by atoms with Crippen molar-refractivity contribution in [2.45, 2.75) is 18.4 Å². The van der Waals surface area contributed by atoms with Crippen molar-refractivity contribution in [2.24, 2.45) is 0 Å². The van der Waals surface area contributed by atoms with Gasteiger partial charge in [-0.1, -0.05) is 13.0 Å². The highest BCUT2D eigenvalue weighted by Crippen LogP contribution is 2.21. The van der Waals surface area contributed by atoms with Gasteiger partial charge in [0, 0.05) is 23.0 Å². The van der Waals surface area contributed by atoms with Gasteiger partial charge in [-0.25, -0.2) is 13.4 Å². The van der Waals surface area contributed by atoms with E-state index < -0.39 is 10.0 Å². The zero-order valence-corrected chi connectivity index (χ0v) is 12.1. The van der Waals surface area contributed by atoms with Gasteiger partial charge in [-0.3, -0.25) is 4.72 Å². The van der Waals surface area contributed by atoms with Crippen LogP contribution in [-0.4, -0.2) is 19.9 Å². The van der Waals surface area contributed by atoms with Crippen molar-refractivity contribution in [3.05, 3.63) is 40.7 Å². The third-order valence-electron chi connectivity index (χ3n) is 2.39. The van der Waals surface area contributed by atoms with Crippen LogP contribution in [-0.2, 0) is 16.6 Å². The predicted molar refractivity (Wildman–Crippen MR) is 76.7 cm³/mol. The van der Waals surface area contributed by atoms with E-state index in [0.29, 0.717) is 12.4 Å². The maximum Gasteiger partial charge on any atom is 0.263 e. The van der Waals surface area contributed by atoms with Crippen LogP contribution >= 0.6 is 11.3 Å². The molecular weight excluding hydrogens is 282 g/mol. The van der Waals surface area contributed by atoms with Crippen LogP contribution in [0.4, 0.5) is 5.82 Å². The highest BCUT2D eigenvalue weighted by Gasteiger charge is 2.16. The number of thiophene rings is 1. The Morgan fingerprint density at radius 2 is 2.21 bits per heavy atom. The lowest BCUT2D eigenvalue weighted by Gasteiger charge is -2.04. The van der Waals surface area contributed by atoms with Crippen LogP contribution in [0.2, 0.25) is 0 Å². The molecule has 0 bridgehead atoms. The molecule has 0 saturated heterocycles. The molecule has 2 heterocycles. The minimum absolute atomic E-state index is 0.274. The van der Waals surface area contributed by atoms with Crippen LogP contribution in [0.25, 0.3) is 0 Å². The smallest absolute Gasteiger partial charge is 0.263 e. The third kappa shape index (κ3) is 3.76. The Morgan fingerprint density at radius 1 is 1.37 bits per heavy atom. The summed E-state index contributed by atoms with van der Waals surface area (Å²) in [7, 11) is -3.55. The number of nitrogens with one attached hydrogen (secondary N) is 2. The Kier molecular flexibility index (Phi) is 4.52. The van der Waals surface area contributed by atoms with Crippen LogP contribution in [0.5, 0.6) is 0 Å². The zero-order chi connectivity index (χ0) is 13.7. The Balaban J connectivity index is 2.13. The van der Waals surface area contributed by atoms with Crippen molar-refractivity contribution in [1.29, 1.82) is 0 Å². The molecule has 0 unspecified atom stereocenters. The number of sulfonamides is 1. The lowest BCUT2D eigenvalue weighted by molar-refractivity contribution is 0.601. The molecule has 5 nitrogen and oxygen atoms in total. The topological polar surface area (TPSA) is 71.1 Å². The molecular formula is C12H15N3O2S2. The molecule has 2 aromatic heterocycles. The van der Waals surface area contributed by atoms with Crippen molar-refractivity contribution in [2.75, 3.05) is 11.3 Å². The van der Waals surface area contributed by atoms with Crippen molar-refractivity contribution in [3.63, 3.8) is 0 Å². The fourth-order valence-electron chi connectivity index (χ4n) is 1.46. The minimum atomic E-state index is -3.55. The van der Waals surface area contributed by atoms with Gasteiger partial charge >= 0.3 is 0 Å². The van der Waals surface area contributed by atoms with Gasteiger partial charge in [0.15, 0.2) is 0 Å². The molecule has 19 heavy (non-hydrogen) atoms. The molecule has 0 aromatic carbocycles. The molecule has 0 fully saturated rings. The van der Waals surface area contributed by atoms with Gasteiger partial charge in [-0.15, -0.1) is 11.3 Å². The van der Waals surface area contributed by atoms with Crippen LogP contribution < -0.4 is 10.0 Å². The molecule has 0 aliphatic rings. The van der Waals surface area contributed by atoms with Crippen molar-refractivity contribution < 1.29 is 8.42 Å². The summed E-state index contributed by atoms with van der Waals surface area (Å²) in [6, 6.07) is 6.76. The first kappa shape index (κ1) is 14.0. The maximum absolute atomic E-state index is 12.1. The van der Waals surface area contributed by atoms with Gasteiger partial charge in [0.25, 0.3) is 10.0 Å². The van der Waals surface area contributed by atoms with E-state index in [-0.39, 0.29) is 4.90 Å². The van der Waals surface area contributed by atoms with Crippen LogP contribution in [0.15, 0.2) is 40.7 Å². The highest BCUT2D eigenvalue weighted by molar-refractivity contribution is 7.92. The number of hydrogen-bond donors (Lipinski definition) is 2. The summed E-state index contributed by atoms with van der Waals surface area (Å²) in [5.74, 6) is 0.321. The number of hydrogen-bond acceptors (Lipinski definition) is 5. The van der Waals surface area contributed by atoms with Gasteiger partial charge in [-0.05, 0) is 24.7 Å². The summed E-state index contributed by atoms with van der Waals surface area (Å²) in [4.78, 5) is 5.21. The average Bonchev–Trinajstić information content (AvgIpc) is 2.86. The fourth-order valence-corrected chi connectivity index (χ4v) is 3.71. The molecule has 0 amide bonds. The second-order valence-electron chi connectivity index (χ2n) is 3.85. The van der Waals surface area contributed by atoms with Gasteiger partial charge in [0.1, 0.15) is 5.82 Å². The molecule has 2 N–H and O–H groups in total. The summed E-state index contributed by atoms with van der Waals surface area (Å²) < 4.78 is 26.7. The first-order chi connectivity index (χ1) is 9.12. The standard InChI is InChI=1S/C12H15N3O2S2/c1-2-13-8-10-7-11(9-18-10)19(16,17)15-12-5-3-4-6-14-12/h3-7,9,13H,2,8H2,1H3,(H,14,15). The fraction of sp³-hybridized carbons (Fsp3) is 0.250. The first-order valence-electron chi connectivity index (χ1n) is 5.84. The molecule has 2 rings (SSSR count). The molecule has 0 spiro atoms. The highest BCUT2D eigenvalue weighted by atomic mass is 32.2. The monoisotopic (exact) mass is 297 g/mol. The largest absolute Gasteiger partial charge is 0.312 e. The number of pyridine rings is 1. The van der Waals surface area contributed by atoms with E-state index in [1.54, 1.807) is 35.8 Å². The van der Waals surface area contributed by atoms with Gasteiger partial charge < -0.3 is 5.32 Å². The first-order valence-corrected chi connectivity index (χ1v) is 8.20. The second kappa shape index (κ2) is 6.14. The predicted octanol–water partition coefficient (Wildman–Crippen LogP) is 2.05. The Hall–Kier alpha value is -1.44. The summed E-state index contributed by atoms with van der Waals surface area (Å²) in [6.45, 7) is 3.54. The normalized spacial score (nSPS) is 11.4. The summed E-state index contributed by atoms with van der Waals surface area (Å²) in [5.41, 5.74) is 0. The molecule has 7 heteroatoms. The average molecular weight is 297 g/mol. The molecule has 2 aromatic rings. The van der Waals surface area contributed by atoms with Crippen molar-refractivity contribution >= 4 is 27.2 Å². The SMILES string of the molecule is CCNCc1cc(S(=O)(=O)Nc2ccccn2)cs1. The maximum atomic E-state index is 12.1. The number of nitrogens with zero attached hydrogens (tertiary/aromatic N) is 1. The summed E-state index contributed by atoms with van der Waals surface area (Å²) in [6.07, 6.45) is 1.54. The van der Waals surface area contributed by atoms with Crippen molar-refractivity contribution in [3.8, 4) is 0 Å². The molecule has 0 saturated carbocycles. The number of aromatic nitrogens is 1. The zero-order valence-electron chi connectivity index (χ0n) is 10.5. The number of anilines is 1. The van der Waals surface area contributed by atoms with E-state index in [2.05, 4.69) is 15.0 Å². The van der Waals surface area contributed by atoms with Crippen LogP contribution in [0, 0.1) is 0 Å². The van der Waals surface area contributed by atoms with E-state index in [9.17, 15) is 8.42 Å². The van der Waals surface area contributed by atoms with Crippen LogP contribution in [0.3, 0.4) is 0 Å². The van der Waals surface area contributed by atoms with Crippen LogP contribution in [0.1, 0.15) is 11.8 Å². The molecule has 0 radical (unpaired) electrons. The van der Waals surface area contributed by atoms with E-state index in [4.69, 9.17) is 0 Å². The third-order valence-corrected chi connectivity index (χ3v) is 4.81. The van der Waals surface area contributed by atoms with Gasteiger partial charge in [0.2, 0.25) is 0 Å². The number of rotatable bonds is 6. The Bertz CT molecular complexity index is 623.